The molecule has 1 aliphatic heterocycles. The number of nitrogens with one attached hydrogen (secondary N) is 3. The van der Waals surface area contributed by atoms with Gasteiger partial charge >= 0.3 is 0 Å². The number of fused-ring (bicyclic) bond motifs is 2. The third kappa shape index (κ3) is 3.86. The summed E-state index contributed by atoms with van der Waals surface area (Å²) in [6, 6.07) is 16.0. The molecule has 148 valence electrons. The highest BCUT2D eigenvalue weighted by atomic mass is 16.1. The first-order chi connectivity index (χ1) is 14.2. The van der Waals surface area contributed by atoms with Crippen LogP contribution in [-0.2, 0) is 17.9 Å². The van der Waals surface area contributed by atoms with Gasteiger partial charge in [-0.3, -0.25) is 9.69 Å². The first-order valence-corrected chi connectivity index (χ1v) is 10.1. The zero-order valence-electron chi connectivity index (χ0n) is 16.2. The SMILES string of the molecule is O=C(NCc1nc2ccccc2[nH]1)C1CCN(Cc2nc3ccccc3[nH]2)CC1. The Hall–Kier alpha value is -3.19. The maximum atomic E-state index is 12.6. The van der Waals surface area contributed by atoms with E-state index >= 15 is 0 Å². The predicted octanol–water partition coefficient (Wildman–Crippen LogP) is 2.97. The van der Waals surface area contributed by atoms with Gasteiger partial charge in [0.25, 0.3) is 0 Å². The van der Waals surface area contributed by atoms with Gasteiger partial charge in [-0.2, -0.15) is 0 Å². The highest BCUT2D eigenvalue weighted by Gasteiger charge is 2.25. The minimum Gasteiger partial charge on any atom is -0.349 e. The first-order valence-electron chi connectivity index (χ1n) is 10.1. The van der Waals surface area contributed by atoms with E-state index in [2.05, 4.69) is 30.2 Å². The van der Waals surface area contributed by atoms with E-state index < -0.39 is 0 Å². The average molecular weight is 388 g/mol. The van der Waals surface area contributed by atoms with Crippen molar-refractivity contribution in [2.45, 2.75) is 25.9 Å². The number of carbonyl (C=O) groups excluding carboxylic acids is 1. The molecule has 3 heterocycles. The number of amides is 1. The maximum Gasteiger partial charge on any atom is 0.223 e. The van der Waals surface area contributed by atoms with E-state index in [9.17, 15) is 4.79 Å². The van der Waals surface area contributed by atoms with Crippen LogP contribution in [-0.4, -0.2) is 43.8 Å². The second kappa shape index (κ2) is 7.67. The van der Waals surface area contributed by atoms with Crippen LogP contribution in [0.5, 0.6) is 0 Å². The van der Waals surface area contributed by atoms with E-state index in [1.54, 1.807) is 0 Å². The molecule has 0 unspecified atom stereocenters. The van der Waals surface area contributed by atoms with Crippen LogP contribution >= 0.6 is 0 Å². The van der Waals surface area contributed by atoms with Crippen molar-refractivity contribution in [2.24, 2.45) is 5.92 Å². The molecule has 4 aromatic rings. The Morgan fingerprint density at radius 3 is 2.17 bits per heavy atom. The molecular weight excluding hydrogens is 364 g/mol. The second-order valence-electron chi connectivity index (χ2n) is 7.67. The van der Waals surface area contributed by atoms with Crippen molar-refractivity contribution < 1.29 is 4.79 Å². The second-order valence-corrected chi connectivity index (χ2v) is 7.67. The molecule has 0 saturated carbocycles. The molecule has 0 bridgehead atoms. The number of aromatic amines is 2. The summed E-state index contributed by atoms with van der Waals surface area (Å²) in [6.07, 6.45) is 1.73. The number of rotatable bonds is 5. The molecule has 0 aliphatic carbocycles. The van der Waals surface area contributed by atoms with E-state index in [4.69, 9.17) is 0 Å². The van der Waals surface area contributed by atoms with Gasteiger partial charge in [0, 0.05) is 5.92 Å². The summed E-state index contributed by atoms with van der Waals surface area (Å²) < 4.78 is 0. The number of piperidine rings is 1. The molecule has 2 aromatic carbocycles. The van der Waals surface area contributed by atoms with Gasteiger partial charge in [0.05, 0.1) is 35.2 Å². The number of para-hydroxylation sites is 4. The molecule has 29 heavy (non-hydrogen) atoms. The Balaban J connectivity index is 1.12. The summed E-state index contributed by atoms with van der Waals surface area (Å²) in [6.45, 7) is 3.04. The van der Waals surface area contributed by atoms with Crippen LogP contribution in [0, 0.1) is 5.92 Å². The zero-order chi connectivity index (χ0) is 19.6. The number of aromatic nitrogens is 4. The fourth-order valence-corrected chi connectivity index (χ4v) is 4.05. The summed E-state index contributed by atoms with van der Waals surface area (Å²) in [5.41, 5.74) is 4.00. The average Bonchev–Trinajstić information content (AvgIpc) is 3.35. The molecule has 1 aliphatic rings. The quantitative estimate of drug-likeness (QED) is 0.490. The van der Waals surface area contributed by atoms with Crippen molar-refractivity contribution in [1.29, 1.82) is 0 Å². The topological polar surface area (TPSA) is 89.7 Å². The van der Waals surface area contributed by atoms with Crippen LogP contribution in [0.3, 0.4) is 0 Å². The van der Waals surface area contributed by atoms with Gasteiger partial charge in [-0.05, 0) is 50.2 Å². The molecule has 0 spiro atoms. The van der Waals surface area contributed by atoms with E-state index in [1.807, 2.05) is 48.5 Å². The largest absolute Gasteiger partial charge is 0.349 e. The van der Waals surface area contributed by atoms with Crippen LogP contribution < -0.4 is 5.32 Å². The molecular formula is C22H24N6O. The van der Waals surface area contributed by atoms with Crippen molar-refractivity contribution >= 4 is 28.0 Å². The Bertz CT molecular complexity index is 1070. The predicted molar refractivity (Wildman–Crippen MR) is 112 cm³/mol. The molecule has 1 fully saturated rings. The minimum absolute atomic E-state index is 0.0614. The van der Waals surface area contributed by atoms with Crippen LogP contribution in [0.2, 0.25) is 0 Å². The van der Waals surface area contributed by atoms with E-state index in [0.717, 1.165) is 66.2 Å². The van der Waals surface area contributed by atoms with Crippen LogP contribution in [0.25, 0.3) is 22.1 Å². The summed E-state index contributed by atoms with van der Waals surface area (Å²) >= 11 is 0. The summed E-state index contributed by atoms with van der Waals surface area (Å²) in [5, 5.41) is 3.04. The monoisotopic (exact) mass is 388 g/mol. The number of likely N-dealkylation sites (tertiary alicyclic amines) is 1. The fraction of sp³-hybridized carbons (Fsp3) is 0.318. The summed E-state index contributed by atoms with van der Waals surface area (Å²) in [7, 11) is 0. The van der Waals surface area contributed by atoms with E-state index in [0.29, 0.717) is 6.54 Å². The molecule has 7 heteroatoms. The molecule has 1 saturated heterocycles. The molecule has 3 N–H and O–H groups in total. The first kappa shape index (κ1) is 17.9. The highest BCUT2D eigenvalue weighted by Crippen LogP contribution is 2.20. The lowest BCUT2D eigenvalue weighted by molar-refractivity contribution is -0.126. The smallest absolute Gasteiger partial charge is 0.223 e. The van der Waals surface area contributed by atoms with Crippen molar-refractivity contribution in [3.8, 4) is 0 Å². The number of benzene rings is 2. The Morgan fingerprint density at radius 2 is 1.52 bits per heavy atom. The van der Waals surface area contributed by atoms with Crippen molar-refractivity contribution in [1.82, 2.24) is 30.2 Å². The molecule has 5 rings (SSSR count). The number of imidazole rings is 2. The van der Waals surface area contributed by atoms with Gasteiger partial charge < -0.3 is 15.3 Å². The van der Waals surface area contributed by atoms with Crippen LogP contribution in [0.4, 0.5) is 0 Å². The Kier molecular flexibility index (Phi) is 4.73. The lowest BCUT2D eigenvalue weighted by Crippen LogP contribution is -2.40. The van der Waals surface area contributed by atoms with E-state index in [-0.39, 0.29) is 11.8 Å². The van der Waals surface area contributed by atoms with Gasteiger partial charge in [-0.15, -0.1) is 0 Å². The fourth-order valence-electron chi connectivity index (χ4n) is 4.05. The summed E-state index contributed by atoms with van der Waals surface area (Å²) in [4.78, 5) is 30.8. The highest BCUT2D eigenvalue weighted by molar-refractivity contribution is 5.79. The maximum absolute atomic E-state index is 12.6. The molecule has 2 aromatic heterocycles. The Labute approximate surface area is 168 Å². The number of carbonyl (C=O) groups is 1. The van der Waals surface area contributed by atoms with Gasteiger partial charge in [0.2, 0.25) is 5.91 Å². The normalized spacial score (nSPS) is 15.9. The molecule has 7 nitrogen and oxygen atoms in total. The zero-order valence-corrected chi connectivity index (χ0v) is 16.2. The minimum atomic E-state index is 0.0614. The lowest BCUT2D eigenvalue weighted by atomic mass is 9.96. The van der Waals surface area contributed by atoms with Gasteiger partial charge in [0.15, 0.2) is 0 Å². The van der Waals surface area contributed by atoms with Crippen LogP contribution in [0.1, 0.15) is 24.5 Å². The lowest BCUT2D eigenvalue weighted by Gasteiger charge is -2.30. The molecule has 0 atom stereocenters. The van der Waals surface area contributed by atoms with Gasteiger partial charge in [0.1, 0.15) is 11.6 Å². The number of H-pyrrole nitrogens is 2. The van der Waals surface area contributed by atoms with Crippen molar-refractivity contribution in [3.63, 3.8) is 0 Å². The summed E-state index contributed by atoms with van der Waals surface area (Å²) in [5.74, 6) is 1.96. The molecule has 1 amide bonds. The van der Waals surface area contributed by atoms with E-state index in [1.165, 1.54) is 0 Å². The molecule has 0 radical (unpaired) electrons. The van der Waals surface area contributed by atoms with Gasteiger partial charge in [-0.1, -0.05) is 24.3 Å². The number of nitrogens with zero attached hydrogens (tertiary/aromatic N) is 3. The number of hydrogen-bond acceptors (Lipinski definition) is 4. The van der Waals surface area contributed by atoms with Gasteiger partial charge in [-0.25, -0.2) is 9.97 Å². The third-order valence-electron chi connectivity index (χ3n) is 5.64. The van der Waals surface area contributed by atoms with Crippen molar-refractivity contribution in [3.05, 3.63) is 60.2 Å². The van der Waals surface area contributed by atoms with Crippen molar-refractivity contribution in [2.75, 3.05) is 13.1 Å². The third-order valence-corrected chi connectivity index (χ3v) is 5.64. The van der Waals surface area contributed by atoms with Crippen LogP contribution in [0.15, 0.2) is 48.5 Å². The standard InChI is InChI=1S/C22H24N6O/c29-22(23-13-20-24-16-5-1-2-6-17(16)25-20)15-9-11-28(12-10-15)14-21-26-18-7-3-4-8-19(18)27-21/h1-8,15H,9-14H2,(H,23,29)(H,24,25)(H,26,27). The Morgan fingerprint density at radius 1 is 0.931 bits per heavy atom. The number of hydrogen-bond donors (Lipinski definition) is 3.